The molecule has 1 aliphatic heterocycles. The first-order valence-corrected chi connectivity index (χ1v) is 7.33. The van der Waals surface area contributed by atoms with Gasteiger partial charge in [0.25, 0.3) is 0 Å². The highest BCUT2D eigenvalue weighted by molar-refractivity contribution is 7.98. The number of alkyl halides is 3. The van der Waals surface area contributed by atoms with E-state index in [9.17, 15) is 13.2 Å². The Hall–Kier alpha value is -1.95. The molecule has 0 atom stereocenters. The maximum atomic E-state index is 12.9. The molecule has 106 valence electrons. The van der Waals surface area contributed by atoms with Crippen molar-refractivity contribution in [3.8, 4) is 5.69 Å². The number of hydrogen-bond donors (Lipinski definition) is 0. The summed E-state index contributed by atoms with van der Waals surface area (Å²) in [6.45, 7) is 0. The average Bonchev–Trinajstić information content (AvgIpc) is 2.84. The molecule has 1 aliphatic rings. The maximum Gasteiger partial charge on any atom is 0.416 e. The Bertz CT molecular complexity index is 852. The van der Waals surface area contributed by atoms with Gasteiger partial charge in [-0.2, -0.15) is 13.2 Å². The first-order valence-electron chi connectivity index (χ1n) is 6.35. The van der Waals surface area contributed by atoms with Crippen molar-refractivity contribution in [3.05, 3.63) is 53.6 Å². The SMILES string of the molecule is FC(F)(F)c1ccc2nc3n(c2c1)-c1ccccc1CS3. The van der Waals surface area contributed by atoms with E-state index in [4.69, 9.17) is 0 Å². The molecule has 4 rings (SSSR count). The van der Waals surface area contributed by atoms with Gasteiger partial charge < -0.3 is 0 Å². The molecule has 0 spiro atoms. The van der Waals surface area contributed by atoms with E-state index < -0.39 is 11.7 Å². The van der Waals surface area contributed by atoms with E-state index >= 15 is 0 Å². The smallest absolute Gasteiger partial charge is 0.287 e. The second-order valence-corrected chi connectivity index (χ2v) is 5.79. The second-order valence-electron chi connectivity index (χ2n) is 4.85. The summed E-state index contributed by atoms with van der Waals surface area (Å²) in [5.74, 6) is 0.783. The summed E-state index contributed by atoms with van der Waals surface area (Å²) in [6.07, 6.45) is -4.35. The molecule has 0 saturated carbocycles. The third kappa shape index (κ3) is 1.93. The summed E-state index contributed by atoms with van der Waals surface area (Å²) in [7, 11) is 0. The number of fused-ring (bicyclic) bond motifs is 5. The van der Waals surface area contributed by atoms with Crippen molar-refractivity contribution in [2.45, 2.75) is 17.1 Å². The molecule has 21 heavy (non-hydrogen) atoms. The fraction of sp³-hybridized carbons (Fsp3) is 0.133. The van der Waals surface area contributed by atoms with Gasteiger partial charge in [0.15, 0.2) is 5.16 Å². The van der Waals surface area contributed by atoms with E-state index in [1.165, 1.54) is 12.1 Å². The molecule has 6 heteroatoms. The van der Waals surface area contributed by atoms with E-state index in [1.807, 2.05) is 28.8 Å². The van der Waals surface area contributed by atoms with Crippen LogP contribution in [0.5, 0.6) is 0 Å². The number of aromatic nitrogens is 2. The topological polar surface area (TPSA) is 17.8 Å². The van der Waals surface area contributed by atoms with Gasteiger partial charge in [-0.05, 0) is 29.8 Å². The van der Waals surface area contributed by atoms with Gasteiger partial charge >= 0.3 is 6.18 Å². The minimum Gasteiger partial charge on any atom is -0.287 e. The van der Waals surface area contributed by atoms with Crippen molar-refractivity contribution in [1.82, 2.24) is 9.55 Å². The zero-order valence-corrected chi connectivity index (χ0v) is 11.5. The molecule has 2 nitrogen and oxygen atoms in total. The summed E-state index contributed by atoms with van der Waals surface area (Å²) in [5.41, 5.74) is 2.45. The monoisotopic (exact) mass is 306 g/mol. The molecule has 2 heterocycles. The molecule has 0 N–H and O–H groups in total. The number of nitrogens with zero attached hydrogens (tertiary/aromatic N) is 2. The van der Waals surface area contributed by atoms with Crippen LogP contribution in [-0.4, -0.2) is 9.55 Å². The number of halogens is 3. The maximum absolute atomic E-state index is 12.9. The first kappa shape index (κ1) is 12.8. The first-order chi connectivity index (χ1) is 10.0. The van der Waals surface area contributed by atoms with Crippen molar-refractivity contribution < 1.29 is 13.2 Å². The van der Waals surface area contributed by atoms with E-state index in [0.717, 1.165) is 28.2 Å². The summed E-state index contributed by atoms with van der Waals surface area (Å²) < 4.78 is 40.6. The lowest BCUT2D eigenvalue weighted by Crippen LogP contribution is -2.07. The van der Waals surface area contributed by atoms with Gasteiger partial charge in [0, 0.05) is 5.75 Å². The van der Waals surface area contributed by atoms with Crippen LogP contribution in [0.2, 0.25) is 0 Å². The van der Waals surface area contributed by atoms with Crippen molar-refractivity contribution in [1.29, 1.82) is 0 Å². The lowest BCUT2D eigenvalue weighted by atomic mass is 10.1. The van der Waals surface area contributed by atoms with Crippen molar-refractivity contribution >= 4 is 22.8 Å². The summed E-state index contributed by atoms with van der Waals surface area (Å²) in [5, 5.41) is 0.739. The summed E-state index contributed by atoms with van der Waals surface area (Å²) in [6, 6.07) is 11.4. The fourth-order valence-electron chi connectivity index (χ4n) is 2.55. The number of rotatable bonds is 0. The number of hydrogen-bond acceptors (Lipinski definition) is 2. The standard InChI is InChI=1S/C15H9F3N2S/c16-15(17,18)10-5-6-11-13(7-10)20-12-4-2-1-3-9(12)8-21-14(20)19-11/h1-7H,8H2. The van der Waals surface area contributed by atoms with Crippen LogP contribution in [0.3, 0.4) is 0 Å². The molecule has 0 unspecified atom stereocenters. The largest absolute Gasteiger partial charge is 0.416 e. The Morgan fingerprint density at radius 1 is 1.10 bits per heavy atom. The van der Waals surface area contributed by atoms with Crippen LogP contribution in [0.25, 0.3) is 16.7 Å². The molecular formula is C15H9F3N2S. The molecule has 0 saturated heterocycles. The third-order valence-electron chi connectivity index (χ3n) is 3.54. The van der Waals surface area contributed by atoms with Gasteiger partial charge in [-0.15, -0.1) is 0 Å². The molecule has 3 aromatic rings. The Morgan fingerprint density at radius 3 is 2.71 bits per heavy atom. The number of benzene rings is 2. The van der Waals surface area contributed by atoms with Crippen molar-refractivity contribution in [2.24, 2.45) is 0 Å². The van der Waals surface area contributed by atoms with Crippen LogP contribution in [0.1, 0.15) is 11.1 Å². The highest BCUT2D eigenvalue weighted by Gasteiger charge is 2.31. The van der Waals surface area contributed by atoms with Crippen LogP contribution in [-0.2, 0) is 11.9 Å². The van der Waals surface area contributed by atoms with E-state index in [2.05, 4.69) is 4.98 Å². The predicted molar refractivity (Wildman–Crippen MR) is 75.6 cm³/mol. The number of para-hydroxylation sites is 1. The molecule has 0 aliphatic carbocycles. The van der Waals surface area contributed by atoms with Crippen LogP contribution in [0.4, 0.5) is 13.2 Å². The Morgan fingerprint density at radius 2 is 1.90 bits per heavy atom. The van der Waals surface area contributed by atoms with E-state index in [1.54, 1.807) is 11.8 Å². The Balaban J connectivity index is 2.03. The van der Waals surface area contributed by atoms with Crippen LogP contribution in [0, 0.1) is 0 Å². The van der Waals surface area contributed by atoms with Crippen molar-refractivity contribution in [2.75, 3.05) is 0 Å². The predicted octanol–water partition coefficient (Wildman–Crippen LogP) is 4.65. The average molecular weight is 306 g/mol. The lowest BCUT2D eigenvalue weighted by Gasteiger charge is -2.18. The summed E-state index contributed by atoms with van der Waals surface area (Å²) in [4.78, 5) is 4.43. The molecule has 0 bridgehead atoms. The van der Waals surface area contributed by atoms with Gasteiger partial charge in [-0.1, -0.05) is 30.0 Å². The van der Waals surface area contributed by atoms with Gasteiger partial charge in [-0.3, -0.25) is 4.57 Å². The van der Waals surface area contributed by atoms with Gasteiger partial charge in [0.1, 0.15) is 0 Å². The summed E-state index contributed by atoms with van der Waals surface area (Å²) >= 11 is 1.54. The fourth-order valence-corrected chi connectivity index (χ4v) is 3.57. The second kappa shape index (κ2) is 4.27. The van der Waals surface area contributed by atoms with Crippen molar-refractivity contribution in [3.63, 3.8) is 0 Å². The van der Waals surface area contributed by atoms with Gasteiger partial charge in [-0.25, -0.2) is 4.98 Å². The molecule has 0 radical (unpaired) electrons. The minimum absolute atomic E-state index is 0.500. The van der Waals surface area contributed by atoms with Crippen LogP contribution in [0.15, 0.2) is 47.6 Å². The van der Waals surface area contributed by atoms with Gasteiger partial charge in [0.05, 0.1) is 22.3 Å². The van der Waals surface area contributed by atoms with Crippen LogP contribution >= 0.6 is 11.8 Å². The molecular weight excluding hydrogens is 297 g/mol. The molecule has 1 aromatic heterocycles. The van der Waals surface area contributed by atoms with E-state index in [0.29, 0.717) is 11.0 Å². The molecule has 2 aromatic carbocycles. The third-order valence-corrected chi connectivity index (χ3v) is 4.53. The normalized spacial score (nSPS) is 14.0. The quantitative estimate of drug-likeness (QED) is 0.601. The van der Waals surface area contributed by atoms with Crippen LogP contribution < -0.4 is 0 Å². The Kier molecular flexibility index (Phi) is 2.60. The number of imidazole rings is 1. The van der Waals surface area contributed by atoms with Gasteiger partial charge in [0.2, 0.25) is 0 Å². The van der Waals surface area contributed by atoms with E-state index in [-0.39, 0.29) is 0 Å². The minimum atomic E-state index is -4.35. The Labute approximate surface area is 122 Å². The molecule has 0 amide bonds. The highest BCUT2D eigenvalue weighted by Crippen LogP contribution is 2.38. The zero-order chi connectivity index (χ0) is 14.6. The number of thioether (sulfide) groups is 1. The highest BCUT2D eigenvalue weighted by atomic mass is 32.2. The molecule has 0 fully saturated rings. The zero-order valence-electron chi connectivity index (χ0n) is 10.7. The lowest BCUT2D eigenvalue weighted by molar-refractivity contribution is -0.137.